The lowest BCUT2D eigenvalue weighted by molar-refractivity contribution is -0.139. The van der Waals surface area contributed by atoms with Crippen molar-refractivity contribution in [3.05, 3.63) is 84.2 Å². The molecular weight excluding hydrogens is 492 g/mol. The van der Waals surface area contributed by atoms with Crippen LogP contribution in [0.1, 0.15) is 23.6 Å². The summed E-state index contributed by atoms with van der Waals surface area (Å²) in [6.45, 7) is 5.49. The number of nitrogens with one attached hydrogen (secondary N) is 2. The summed E-state index contributed by atoms with van der Waals surface area (Å²) in [5.41, 5.74) is 0.488. The Morgan fingerprint density at radius 3 is 2.57 bits per heavy atom. The number of benzene rings is 1. The molecule has 3 rings (SSSR count). The van der Waals surface area contributed by atoms with Crippen LogP contribution in [0.15, 0.2) is 66.7 Å². The van der Waals surface area contributed by atoms with Crippen molar-refractivity contribution in [1.29, 1.82) is 0 Å². The highest BCUT2D eigenvalue weighted by atomic mass is 19.4. The first-order valence-corrected chi connectivity index (χ1v) is 10.8. The molecule has 2 aromatic heterocycles. The topological polar surface area (TPSA) is 93.4 Å². The van der Waals surface area contributed by atoms with E-state index in [2.05, 4.69) is 37.0 Å². The van der Waals surface area contributed by atoms with Crippen LogP contribution in [0, 0.1) is 5.82 Å². The zero-order valence-corrected chi connectivity index (χ0v) is 20.2. The van der Waals surface area contributed by atoms with Crippen LogP contribution in [0.2, 0.25) is 0 Å². The van der Waals surface area contributed by atoms with E-state index in [9.17, 15) is 22.4 Å². The lowest BCUT2D eigenvalue weighted by atomic mass is 10.0. The summed E-state index contributed by atoms with van der Waals surface area (Å²) in [6.07, 6.45) is 2.34. The van der Waals surface area contributed by atoms with Gasteiger partial charge in [-0.1, -0.05) is 24.8 Å². The molecule has 0 radical (unpaired) electrons. The zero-order chi connectivity index (χ0) is 27.2. The van der Waals surface area contributed by atoms with Gasteiger partial charge in [0.05, 0.1) is 37.3 Å². The summed E-state index contributed by atoms with van der Waals surface area (Å²) in [7, 11) is 2.84. The molecule has 0 aliphatic carbocycles. The molecular formula is C25H24F4N6O2. The van der Waals surface area contributed by atoms with Gasteiger partial charge in [0.25, 0.3) is 0 Å². The number of nitrogens with zero attached hydrogens (tertiary/aromatic N) is 4. The Morgan fingerprint density at radius 2 is 1.97 bits per heavy atom. The van der Waals surface area contributed by atoms with Crippen LogP contribution in [0.4, 0.5) is 28.9 Å². The molecule has 0 saturated heterocycles. The van der Waals surface area contributed by atoms with Crippen LogP contribution in [0.25, 0.3) is 5.57 Å². The largest absolute Gasteiger partial charge is 0.481 e. The molecule has 0 aliphatic heterocycles. The number of halogens is 4. The van der Waals surface area contributed by atoms with E-state index < -0.39 is 35.8 Å². The van der Waals surface area contributed by atoms with Crippen LogP contribution in [0.5, 0.6) is 5.88 Å². The molecule has 1 amide bonds. The van der Waals surface area contributed by atoms with E-state index in [-0.39, 0.29) is 11.3 Å². The van der Waals surface area contributed by atoms with Gasteiger partial charge in [0, 0.05) is 19.4 Å². The number of ether oxygens (including phenoxy) is 1. The van der Waals surface area contributed by atoms with Crippen molar-refractivity contribution in [2.24, 2.45) is 12.0 Å². The van der Waals surface area contributed by atoms with Gasteiger partial charge in [0.1, 0.15) is 17.2 Å². The average molecular weight is 516 g/mol. The smallest absolute Gasteiger partial charge is 0.421 e. The maximum atomic E-state index is 14.8. The third-order valence-corrected chi connectivity index (χ3v) is 5.02. The molecule has 3 aromatic rings. The Hall–Kier alpha value is -4.48. The van der Waals surface area contributed by atoms with Crippen LogP contribution in [0.3, 0.4) is 0 Å². The van der Waals surface area contributed by atoms with E-state index in [1.165, 1.54) is 24.4 Å². The fourth-order valence-corrected chi connectivity index (χ4v) is 3.27. The number of carbonyl (C=O) groups excluding carboxylic acids is 1. The van der Waals surface area contributed by atoms with Crippen molar-refractivity contribution >= 4 is 28.7 Å². The molecule has 0 saturated carbocycles. The van der Waals surface area contributed by atoms with Gasteiger partial charge >= 0.3 is 6.18 Å². The highest BCUT2D eigenvalue weighted by Crippen LogP contribution is 2.36. The number of aromatic nitrogens is 3. The summed E-state index contributed by atoms with van der Waals surface area (Å²) < 4.78 is 60.6. The lowest BCUT2D eigenvalue weighted by Crippen LogP contribution is -2.17. The lowest BCUT2D eigenvalue weighted by Gasteiger charge is -2.13. The van der Waals surface area contributed by atoms with E-state index in [4.69, 9.17) is 0 Å². The molecule has 0 atom stereocenters. The van der Waals surface area contributed by atoms with Crippen molar-refractivity contribution in [3.63, 3.8) is 0 Å². The molecule has 1 aromatic carbocycles. The fraction of sp³-hybridized carbons (Fsp3) is 0.200. The monoisotopic (exact) mass is 516 g/mol. The van der Waals surface area contributed by atoms with Crippen LogP contribution in [-0.4, -0.2) is 33.6 Å². The van der Waals surface area contributed by atoms with E-state index in [0.717, 1.165) is 19.0 Å². The molecule has 12 heteroatoms. The van der Waals surface area contributed by atoms with Crippen molar-refractivity contribution in [2.45, 2.75) is 19.5 Å². The van der Waals surface area contributed by atoms with Crippen molar-refractivity contribution in [1.82, 2.24) is 14.8 Å². The number of allylic oxidation sites excluding steroid dienone is 2. The van der Waals surface area contributed by atoms with Gasteiger partial charge in [-0.15, -0.1) is 0 Å². The summed E-state index contributed by atoms with van der Waals surface area (Å²) in [5.74, 6) is -1.43. The molecule has 0 fully saturated rings. The molecule has 0 bridgehead atoms. The third-order valence-electron chi connectivity index (χ3n) is 5.02. The number of hydrogen-bond donors (Lipinski definition) is 2. The summed E-state index contributed by atoms with van der Waals surface area (Å²) in [6, 6.07) is 4.94. The second-order valence-corrected chi connectivity index (χ2v) is 7.84. The number of aryl methyl sites for hydroxylation is 1. The van der Waals surface area contributed by atoms with Gasteiger partial charge in [-0.2, -0.15) is 18.3 Å². The van der Waals surface area contributed by atoms with E-state index >= 15 is 0 Å². The van der Waals surface area contributed by atoms with Crippen molar-refractivity contribution < 1.29 is 27.1 Å². The minimum atomic E-state index is -4.73. The zero-order valence-electron chi connectivity index (χ0n) is 20.2. The summed E-state index contributed by atoms with van der Waals surface area (Å²) in [4.78, 5) is 20.3. The number of amides is 1. The maximum Gasteiger partial charge on any atom is 0.421 e. The van der Waals surface area contributed by atoms with Crippen LogP contribution < -0.4 is 15.4 Å². The number of aliphatic imine (C=N–C) groups is 1. The molecule has 194 valence electrons. The van der Waals surface area contributed by atoms with Gasteiger partial charge in [0.15, 0.2) is 0 Å². The van der Waals surface area contributed by atoms with Gasteiger partial charge < -0.3 is 15.4 Å². The Morgan fingerprint density at radius 1 is 1.22 bits per heavy atom. The summed E-state index contributed by atoms with van der Waals surface area (Å²) in [5, 5.41) is 9.43. The Kier molecular flexibility index (Phi) is 8.43. The standard InChI is InChI=1S/C25H24F4N6O2/c1-5-16(11-30-15(2)33-20-13-32-35(3)14-20)17-6-7-18(22(26)8-17)9-23(36)34-19-10-21(25(27,28)29)24(37-4)31-12-19/h5-8,10-14H,1,9H2,2-4H3,(H,30,33)(H,34,36)/b16-11+. The molecule has 2 heterocycles. The second-order valence-electron chi connectivity index (χ2n) is 7.84. The minimum absolute atomic E-state index is 0.0557. The number of rotatable bonds is 8. The van der Waals surface area contributed by atoms with Crippen LogP contribution >= 0.6 is 0 Å². The number of alkyl halides is 3. The first-order chi connectivity index (χ1) is 17.5. The van der Waals surface area contributed by atoms with E-state index in [1.807, 2.05) is 0 Å². The minimum Gasteiger partial charge on any atom is -0.481 e. The number of amidine groups is 1. The fourth-order valence-electron chi connectivity index (χ4n) is 3.27. The molecule has 0 spiro atoms. The quantitative estimate of drug-likeness (QED) is 0.185. The number of hydrogen-bond acceptors (Lipinski definition) is 5. The number of pyridine rings is 1. The molecule has 0 aliphatic rings. The maximum absolute atomic E-state index is 14.8. The Balaban J connectivity index is 1.71. The van der Waals surface area contributed by atoms with Gasteiger partial charge in [0.2, 0.25) is 11.8 Å². The summed E-state index contributed by atoms with van der Waals surface area (Å²) >= 11 is 0. The van der Waals surface area contributed by atoms with E-state index in [1.54, 1.807) is 37.1 Å². The highest BCUT2D eigenvalue weighted by Gasteiger charge is 2.35. The molecule has 8 nitrogen and oxygen atoms in total. The SMILES string of the molecule is C=C/C(=C\N=C(C)Nc1cnn(C)c1)c1ccc(CC(=O)Nc2cnc(OC)c(C(F)(F)F)c2)c(F)c1. The predicted molar refractivity (Wildman–Crippen MR) is 133 cm³/mol. The van der Waals surface area contributed by atoms with Crippen molar-refractivity contribution in [2.75, 3.05) is 17.7 Å². The Labute approximate surface area is 210 Å². The number of carbonyl (C=O) groups is 1. The first-order valence-electron chi connectivity index (χ1n) is 10.8. The van der Waals surface area contributed by atoms with Gasteiger partial charge in [-0.05, 0) is 35.8 Å². The van der Waals surface area contributed by atoms with Crippen molar-refractivity contribution in [3.8, 4) is 5.88 Å². The Bertz CT molecular complexity index is 1360. The normalized spacial score (nSPS) is 12.3. The third kappa shape index (κ3) is 7.26. The van der Waals surface area contributed by atoms with Crippen LogP contribution in [-0.2, 0) is 24.4 Å². The number of anilines is 2. The van der Waals surface area contributed by atoms with Gasteiger partial charge in [-0.3, -0.25) is 9.48 Å². The predicted octanol–water partition coefficient (Wildman–Crippen LogP) is 5.22. The average Bonchev–Trinajstić information content (AvgIpc) is 3.24. The second kappa shape index (κ2) is 11.5. The molecule has 0 unspecified atom stereocenters. The first kappa shape index (κ1) is 27.1. The highest BCUT2D eigenvalue weighted by molar-refractivity contribution is 5.94. The molecule has 37 heavy (non-hydrogen) atoms. The molecule has 2 N–H and O–H groups in total. The van der Waals surface area contributed by atoms with Gasteiger partial charge in [-0.25, -0.2) is 14.4 Å². The number of methoxy groups -OCH3 is 1. The van der Waals surface area contributed by atoms with E-state index in [0.29, 0.717) is 23.0 Å².